The standard InChI is InChI=1S/C17H20N4OS/c1-13-19-15(12-23-13)6-8-17(22)20-14-5-7-16(18-11-14)21-9-3-2-4-10-21/h5-8,11-12H,2-4,9-10H2,1H3,(H,20,22)/b8-6+. The van der Waals surface area contributed by atoms with Crippen LogP contribution < -0.4 is 10.2 Å². The van der Waals surface area contributed by atoms with Crippen LogP contribution in [0.2, 0.25) is 0 Å². The quantitative estimate of drug-likeness (QED) is 0.873. The summed E-state index contributed by atoms with van der Waals surface area (Å²) in [6, 6.07) is 3.87. The van der Waals surface area contributed by atoms with Crippen molar-refractivity contribution in [3.05, 3.63) is 40.5 Å². The lowest BCUT2D eigenvalue weighted by Crippen LogP contribution is -2.30. The van der Waals surface area contributed by atoms with Gasteiger partial charge < -0.3 is 10.2 Å². The number of aromatic nitrogens is 2. The van der Waals surface area contributed by atoms with Gasteiger partial charge in [0.2, 0.25) is 5.91 Å². The Balaban J connectivity index is 1.57. The average Bonchev–Trinajstić information content (AvgIpc) is 3.00. The first-order chi connectivity index (χ1) is 11.2. The highest BCUT2D eigenvalue weighted by Gasteiger charge is 2.11. The van der Waals surface area contributed by atoms with E-state index in [-0.39, 0.29) is 5.91 Å². The Hall–Kier alpha value is -2.21. The van der Waals surface area contributed by atoms with E-state index < -0.39 is 0 Å². The summed E-state index contributed by atoms with van der Waals surface area (Å²) in [4.78, 5) is 23.0. The summed E-state index contributed by atoms with van der Waals surface area (Å²) in [5.74, 6) is 0.805. The van der Waals surface area contributed by atoms with Gasteiger partial charge in [-0.25, -0.2) is 9.97 Å². The zero-order chi connectivity index (χ0) is 16.1. The van der Waals surface area contributed by atoms with Crippen LogP contribution in [0.1, 0.15) is 30.0 Å². The second-order valence-electron chi connectivity index (χ2n) is 5.57. The number of hydrogen-bond acceptors (Lipinski definition) is 5. The number of anilines is 2. The molecule has 23 heavy (non-hydrogen) atoms. The van der Waals surface area contributed by atoms with E-state index in [1.54, 1.807) is 23.6 Å². The number of amides is 1. The van der Waals surface area contributed by atoms with E-state index in [0.29, 0.717) is 5.69 Å². The smallest absolute Gasteiger partial charge is 0.248 e. The first kappa shape index (κ1) is 15.7. The van der Waals surface area contributed by atoms with Crippen LogP contribution in [0.5, 0.6) is 0 Å². The lowest BCUT2D eigenvalue weighted by Gasteiger charge is -2.27. The zero-order valence-corrected chi connectivity index (χ0v) is 14.0. The van der Waals surface area contributed by atoms with Crippen molar-refractivity contribution in [3.63, 3.8) is 0 Å². The molecule has 2 aromatic heterocycles. The number of carbonyl (C=O) groups excluding carboxylic acids is 1. The zero-order valence-electron chi connectivity index (χ0n) is 13.2. The van der Waals surface area contributed by atoms with Crippen molar-refractivity contribution in [1.82, 2.24) is 9.97 Å². The Kier molecular flexibility index (Phi) is 5.02. The maximum atomic E-state index is 11.9. The van der Waals surface area contributed by atoms with E-state index in [1.807, 2.05) is 24.4 Å². The molecule has 0 spiro atoms. The summed E-state index contributed by atoms with van der Waals surface area (Å²) >= 11 is 1.57. The number of hydrogen-bond donors (Lipinski definition) is 1. The minimum absolute atomic E-state index is 0.178. The van der Waals surface area contributed by atoms with E-state index in [2.05, 4.69) is 20.2 Å². The highest BCUT2D eigenvalue weighted by molar-refractivity contribution is 7.09. The van der Waals surface area contributed by atoms with E-state index in [1.165, 1.54) is 25.3 Å². The molecular weight excluding hydrogens is 308 g/mol. The molecule has 0 saturated carbocycles. The summed E-state index contributed by atoms with van der Waals surface area (Å²) < 4.78 is 0. The number of aryl methyl sites for hydroxylation is 1. The van der Waals surface area contributed by atoms with Gasteiger partial charge in [-0.3, -0.25) is 4.79 Å². The molecule has 0 aliphatic carbocycles. The van der Waals surface area contributed by atoms with Gasteiger partial charge in [-0.1, -0.05) is 0 Å². The van der Waals surface area contributed by atoms with Crippen molar-refractivity contribution in [2.45, 2.75) is 26.2 Å². The normalized spacial score (nSPS) is 15.1. The topological polar surface area (TPSA) is 58.1 Å². The first-order valence-corrected chi connectivity index (χ1v) is 8.71. The molecule has 1 aliphatic rings. The summed E-state index contributed by atoms with van der Waals surface area (Å²) in [7, 11) is 0. The lowest BCUT2D eigenvalue weighted by atomic mass is 10.1. The number of thiazole rings is 1. The van der Waals surface area contributed by atoms with Crippen molar-refractivity contribution >= 4 is 34.8 Å². The largest absolute Gasteiger partial charge is 0.357 e. The molecular formula is C17H20N4OS. The van der Waals surface area contributed by atoms with Crippen LogP contribution in [-0.2, 0) is 4.79 Å². The van der Waals surface area contributed by atoms with Crippen molar-refractivity contribution in [1.29, 1.82) is 0 Å². The molecule has 0 aromatic carbocycles. The molecule has 0 unspecified atom stereocenters. The Morgan fingerprint density at radius 3 is 2.78 bits per heavy atom. The number of piperidine rings is 1. The number of pyridine rings is 1. The average molecular weight is 328 g/mol. The van der Waals surface area contributed by atoms with Gasteiger partial charge in [0.1, 0.15) is 5.82 Å². The fraction of sp³-hybridized carbons (Fsp3) is 0.353. The third kappa shape index (κ3) is 4.39. The van der Waals surface area contributed by atoms with Crippen molar-refractivity contribution in [2.24, 2.45) is 0 Å². The van der Waals surface area contributed by atoms with Gasteiger partial charge in [0, 0.05) is 24.5 Å². The lowest BCUT2D eigenvalue weighted by molar-refractivity contribution is -0.111. The Morgan fingerprint density at radius 2 is 2.13 bits per heavy atom. The van der Waals surface area contributed by atoms with Crippen molar-refractivity contribution in [3.8, 4) is 0 Å². The van der Waals surface area contributed by atoms with Crippen LogP contribution in [0.4, 0.5) is 11.5 Å². The molecule has 0 atom stereocenters. The SMILES string of the molecule is Cc1nc(/C=C/C(=O)Nc2ccc(N3CCCCC3)nc2)cs1. The minimum atomic E-state index is -0.178. The van der Waals surface area contributed by atoms with Crippen LogP contribution in [-0.4, -0.2) is 29.0 Å². The molecule has 120 valence electrons. The van der Waals surface area contributed by atoms with Crippen LogP contribution >= 0.6 is 11.3 Å². The fourth-order valence-corrected chi connectivity index (χ4v) is 3.15. The van der Waals surface area contributed by atoms with Gasteiger partial charge >= 0.3 is 0 Å². The van der Waals surface area contributed by atoms with Crippen LogP contribution in [0, 0.1) is 6.92 Å². The third-order valence-corrected chi connectivity index (χ3v) is 4.53. The van der Waals surface area contributed by atoms with E-state index in [9.17, 15) is 4.79 Å². The molecule has 1 N–H and O–H groups in total. The Bertz CT molecular complexity index is 687. The van der Waals surface area contributed by atoms with Gasteiger partial charge in [0.05, 0.1) is 22.6 Å². The van der Waals surface area contributed by atoms with Gasteiger partial charge in [-0.05, 0) is 44.4 Å². The highest BCUT2D eigenvalue weighted by atomic mass is 32.1. The van der Waals surface area contributed by atoms with E-state index >= 15 is 0 Å². The Labute approximate surface area is 140 Å². The number of carbonyl (C=O) groups is 1. The molecule has 2 aromatic rings. The summed E-state index contributed by atoms with van der Waals surface area (Å²) in [6.45, 7) is 4.07. The second-order valence-corrected chi connectivity index (χ2v) is 6.63. The molecule has 0 radical (unpaired) electrons. The first-order valence-electron chi connectivity index (χ1n) is 7.83. The van der Waals surface area contributed by atoms with Gasteiger partial charge in [-0.2, -0.15) is 0 Å². The predicted octanol–water partition coefficient (Wildman–Crippen LogP) is 3.49. The molecule has 5 nitrogen and oxygen atoms in total. The van der Waals surface area contributed by atoms with E-state index in [0.717, 1.165) is 29.6 Å². The summed E-state index contributed by atoms with van der Waals surface area (Å²) in [6.07, 6.45) is 8.67. The van der Waals surface area contributed by atoms with Gasteiger partial charge in [0.15, 0.2) is 0 Å². The summed E-state index contributed by atoms with van der Waals surface area (Å²) in [5.41, 5.74) is 1.51. The fourth-order valence-electron chi connectivity index (χ4n) is 2.57. The number of rotatable bonds is 4. The molecule has 1 amide bonds. The van der Waals surface area contributed by atoms with Gasteiger partial charge in [-0.15, -0.1) is 11.3 Å². The Morgan fingerprint density at radius 1 is 1.30 bits per heavy atom. The maximum Gasteiger partial charge on any atom is 0.248 e. The molecule has 1 fully saturated rings. The number of nitrogens with one attached hydrogen (secondary N) is 1. The van der Waals surface area contributed by atoms with Crippen molar-refractivity contribution in [2.75, 3.05) is 23.3 Å². The second kappa shape index (κ2) is 7.37. The molecule has 3 heterocycles. The highest BCUT2D eigenvalue weighted by Crippen LogP contribution is 2.19. The molecule has 1 saturated heterocycles. The van der Waals surface area contributed by atoms with Crippen LogP contribution in [0.25, 0.3) is 6.08 Å². The van der Waals surface area contributed by atoms with Crippen LogP contribution in [0.15, 0.2) is 29.8 Å². The number of nitrogens with zero attached hydrogens (tertiary/aromatic N) is 3. The van der Waals surface area contributed by atoms with E-state index in [4.69, 9.17) is 0 Å². The maximum absolute atomic E-state index is 11.9. The third-order valence-electron chi connectivity index (χ3n) is 3.74. The molecule has 0 bridgehead atoms. The summed E-state index contributed by atoms with van der Waals surface area (Å²) in [5, 5.41) is 5.73. The monoisotopic (exact) mass is 328 g/mol. The molecule has 1 aliphatic heterocycles. The van der Waals surface area contributed by atoms with Crippen LogP contribution in [0.3, 0.4) is 0 Å². The molecule has 3 rings (SSSR count). The predicted molar refractivity (Wildman–Crippen MR) is 94.8 cm³/mol. The van der Waals surface area contributed by atoms with Crippen molar-refractivity contribution < 1.29 is 4.79 Å². The van der Waals surface area contributed by atoms with Gasteiger partial charge in [0.25, 0.3) is 0 Å². The minimum Gasteiger partial charge on any atom is -0.357 e. The molecule has 6 heteroatoms.